The minimum Gasteiger partial charge on any atom is -0.497 e. The van der Waals surface area contributed by atoms with Crippen molar-refractivity contribution in [3.8, 4) is 5.75 Å². The van der Waals surface area contributed by atoms with Gasteiger partial charge in [0.15, 0.2) is 0 Å². The second-order valence-corrected chi connectivity index (χ2v) is 6.63. The maximum absolute atomic E-state index is 12.3. The third-order valence-corrected chi connectivity index (χ3v) is 4.36. The molecule has 7 heteroatoms. The molecule has 4 N–H and O–H groups in total. The smallest absolute Gasteiger partial charge is 0.323 e. The first-order valence-electron chi connectivity index (χ1n) is 9.45. The minimum absolute atomic E-state index is 0.341. The van der Waals surface area contributed by atoms with Gasteiger partial charge in [-0.1, -0.05) is 36.4 Å². The van der Waals surface area contributed by atoms with Gasteiger partial charge in [0, 0.05) is 23.6 Å². The van der Waals surface area contributed by atoms with Crippen molar-refractivity contribution in [2.24, 2.45) is 0 Å². The number of para-hydroxylation sites is 1. The van der Waals surface area contributed by atoms with Crippen molar-refractivity contribution in [2.75, 3.05) is 23.1 Å². The summed E-state index contributed by atoms with van der Waals surface area (Å²) in [5.74, 6) is 0.734. The number of hydrogen-bond donors (Lipinski definition) is 4. The highest BCUT2D eigenvalue weighted by atomic mass is 16.5. The molecule has 0 heterocycles. The van der Waals surface area contributed by atoms with Crippen LogP contribution in [0.25, 0.3) is 0 Å². The SMILES string of the molecule is COc1cccc(CNC(=O)Nc2cc(NC(=O)Nc3ccccc3)ccc2C)c1. The molecule has 154 valence electrons. The summed E-state index contributed by atoms with van der Waals surface area (Å²) >= 11 is 0. The van der Waals surface area contributed by atoms with Gasteiger partial charge in [0.05, 0.1) is 7.11 Å². The van der Waals surface area contributed by atoms with Crippen molar-refractivity contribution in [1.29, 1.82) is 0 Å². The first-order valence-corrected chi connectivity index (χ1v) is 9.45. The Labute approximate surface area is 175 Å². The molecule has 0 aliphatic heterocycles. The highest BCUT2D eigenvalue weighted by Gasteiger charge is 2.08. The molecule has 0 aliphatic rings. The quantitative estimate of drug-likeness (QED) is 0.467. The largest absolute Gasteiger partial charge is 0.497 e. The maximum atomic E-state index is 12.3. The third-order valence-electron chi connectivity index (χ3n) is 4.36. The summed E-state index contributed by atoms with van der Waals surface area (Å²) in [6.45, 7) is 2.24. The average molecular weight is 404 g/mol. The molecule has 0 fully saturated rings. The number of amides is 4. The molecule has 0 saturated carbocycles. The molecule has 3 aromatic carbocycles. The number of anilines is 3. The fraction of sp³-hybridized carbons (Fsp3) is 0.130. The summed E-state index contributed by atoms with van der Waals surface area (Å²) in [6.07, 6.45) is 0. The number of carbonyl (C=O) groups excluding carboxylic acids is 2. The molecule has 0 radical (unpaired) electrons. The van der Waals surface area contributed by atoms with E-state index in [2.05, 4.69) is 21.3 Å². The number of rotatable bonds is 6. The zero-order chi connectivity index (χ0) is 21.3. The number of ether oxygens (including phenoxy) is 1. The summed E-state index contributed by atoms with van der Waals surface area (Å²) in [4.78, 5) is 24.5. The van der Waals surface area contributed by atoms with Gasteiger partial charge in [-0.15, -0.1) is 0 Å². The van der Waals surface area contributed by atoms with E-state index >= 15 is 0 Å². The van der Waals surface area contributed by atoms with Gasteiger partial charge in [-0.3, -0.25) is 0 Å². The van der Waals surface area contributed by atoms with Crippen molar-refractivity contribution in [3.05, 3.63) is 83.9 Å². The van der Waals surface area contributed by atoms with Crippen LogP contribution in [0.3, 0.4) is 0 Å². The van der Waals surface area contributed by atoms with Crippen LogP contribution in [0.1, 0.15) is 11.1 Å². The summed E-state index contributed by atoms with van der Waals surface area (Å²) in [5.41, 5.74) is 3.67. The van der Waals surface area contributed by atoms with E-state index in [1.165, 1.54) is 0 Å². The normalized spacial score (nSPS) is 10.1. The first kappa shape index (κ1) is 20.7. The Morgan fingerprint density at radius 3 is 2.33 bits per heavy atom. The van der Waals surface area contributed by atoms with Gasteiger partial charge in [0.2, 0.25) is 0 Å². The third kappa shape index (κ3) is 6.00. The first-order chi connectivity index (χ1) is 14.5. The topological polar surface area (TPSA) is 91.5 Å². The number of carbonyl (C=O) groups is 2. The van der Waals surface area contributed by atoms with Crippen molar-refractivity contribution in [2.45, 2.75) is 13.5 Å². The zero-order valence-corrected chi connectivity index (χ0v) is 16.9. The molecule has 0 bridgehead atoms. The van der Waals surface area contributed by atoms with E-state index in [1.54, 1.807) is 31.4 Å². The van der Waals surface area contributed by atoms with Crippen molar-refractivity contribution in [3.63, 3.8) is 0 Å². The van der Waals surface area contributed by atoms with E-state index in [0.29, 0.717) is 23.6 Å². The van der Waals surface area contributed by atoms with E-state index < -0.39 is 0 Å². The van der Waals surface area contributed by atoms with Gasteiger partial charge in [-0.05, 0) is 54.4 Å². The molecule has 0 spiro atoms. The van der Waals surface area contributed by atoms with E-state index in [1.807, 2.05) is 55.5 Å². The van der Waals surface area contributed by atoms with E-state index in [-0.39, 0.29) is 12.1 Å². The lowest BCUT2D eigenvalue weighted by Gasteiger charge is -2.13. The van der Waals surface area contributed by atoms with Crippen LogP contribution in [0.15, 0.2) is 72.8 Å². The molecular weight excluding hydrogens is 380 g/mol. The minimum atomic E-state index is -0.363. The fourth-order valence-corrected chi connectivity index (χ4v) is 2.78. The van der Waals surface area contributed by atoms with Crippen LogP contribution in [0.5, 0.6) is 5.75 Å². The summed E-state index contributed by atoms with van der Waals surface area (Å²) in [7, 11) is 1.60. The van der Waals surface area contributed by atoms with Crippen LogP contribution in [-0.2, 0) is 6.54 Å². The number of aryl methyl sites for hydroxylation is 1. The molecule has 7 nitrogen and oxygen atoms in total. The van der Waals surface area contributed by atoms with Gasteiger partial charge in [0.1, 0.15) is 5.75 Å². The number of methoxy groups -OCH3 is 1. The van der Waals surface area contributed by atoms with Gasteiger partial charge < -0.3 is 26.0 Å². The molecule has 0 atom stereocenters. The Morgan fingerprint density at radius 1 is 0.800 bits per heavy atom. The van der Waals surface area contributed by atoms with Gasteiger partial charge in [-0.2, -0.15) is 0 Å². The Morgan fingerprint density at radius 2 is 1.57 bits per heavy atom. The van der Waals surface area contributed by atoms with Gasteiger partial charge >= 0.3 is 12.1 Å². The highest BCUT2D eigenvalue weighted by molar-refractivity contribution is 6.00. The Hall–Kier alpha value is -4.00. The maximum Gasteiger partial charge on any atom is 0.323 e. The van der Waals surface area contributed by atoms with E-state index in [4.69, 9.17) is 4.74 Å². The van der Waals surface area contributed by atoms with E-state index in [9.17, 15) is 9.59 Å². The Bertz CT molecular complexity index is 1020. The zero-order valence-electron chi connectivity index (χ0n) is 16.9. The van der Waals surface area contributed by atoms with Crippen LogP contribution in [0.4, 0.5) is 26.7 Å². The van der Waals surface area contributed by atoms with Gasteiger partial charge in [0.25, 0.3) is 0 Å². The number of hydrogen-bond acceptors (Lipinski definition) is 3. The van der Waals surface area contributed by atoms with Crippen molar-refractivity contribution in [1.82, 2.24) is 5.32 Å². The van der Waals surface area contributed by atoms with E-state index in [0.717, 1.165) is 16.9 Å². The fourth-order valence-electron chi connectivity index (χ4n) is 2.78. The molecular formula is C23H24N4O3. The monoisotopic (exact) mass is 404 g/mol. The van der Waals surface area contributed by atoms with Crippen LogP contribution < -0.4 is 26.0 Å². The van der Waals surface area contributed by atoms with Crippen molar-refractivity contribution >= 4 is 29.1 Å². The lowest BCUT2D eigenvalue weighted by Crippen LogP contribution is -2.28. The summed E-state index contributed by atoms with van der Waals surface area (Å²) < 4.78 is 5.19. The Balaban J connectivity index is 1.57. The standard InChI is InChI=1S/C23H24N4O3/c1-16-11-12-19(26-23(29)25-18-8-4-3-5-9-18)14-21(16)27-22(28)24-15-17-7-6-10-20(13-17)30-2/h3-14H,15H2,1-2H3,(H2,24,27,28)(H2,25,26,29). The summed E-state index contributed by atoms with van der Waals surface area (Å²) in [6, 6.07) is 21.3. The second-order valence-electron chi connectivity index (χ2n) is 6.63. The van der Waals surface area contributed by atoms with Crippen LogP contribution in [0, 0.1) is 6.92 Å². The van der Waals surface area contributed by atoms with Gasteiger partial charge in [-0.25, -0.2) is 9.59 Å². The van der Waals surface area contributed by atoms with Crippen LogP contribution in [0.2, 0.25) is 0 Å². The molecule has 0 aliphatic carbocycles. The lowest BCUT2D eigenvalue weighted by molar-refractivity contribution is 0.251. The molecule has 0 unspecified atom stereocenters. The molecule has 3 aromatic rings. The molecule has 0 saturated heterocycles. The van der Waals surface area contributed by atoms with Crippen LogP contribution >= 0.6 is 0 Å². The number of nitrogens with one attached hydrogen (secondary N) is 4. The average Bonchev–Trinajstić information content (AvgIpc) is 2.75. The Kier molecular flexibility index (Phi) is 6.89. The second kappa shape index (κ2) is 9.97. The van der Waals surface area contributed by atoms with Crippen LogP contribution in [-0.4, -0.2) is 19.2 Å². The molecule has 0 aromatic heterocycles. The molecule has 3 rings (SSSR count). The molecule has 4 amide bonds. The molecule has 30 heavy (non-hydrogen) atoms. The summed E-state index contributed by atoms with van der Waals surface area (Å²) in [5, 5.41) is 11.2. The predicted molar refractivity (Wildman–Crippen MR) is 119 cm³/mol. The lowest BCUT2D eigenvalue weighted by atomic mass is 10.2. The predicted octanol–water partition coefficient (Wildman–Crippen LogP) is 4.97. The number of benzene rings is 3. The number of urea groups is 2. The highest BCUT2D eigenvalue weighted by Crippen LogP contribution is 2.21. The van der Waals surface area contributed by atoms with Crippen molar-refractivity contribution < 1.29 is 14.3 Å².